The summed E-state index contributed by atoms with van der Waals surface area (Å²) in [7, 11) is -3.35. The second-order valence-corrected chi connectivity index (χ2v) is 11.7. The highest BCUT2D eigenvalue weighted by molar-refractivity contribution is 7.91. The van der Waals surface area contributed by atoms with Gasteiger partial charge in [0.05, 0.1) is 11.6 Å². The molecule has 0 atom stereocenters. The van der Waals surface area contributed by atoms with Crippen LogP contribution in [0.4, 0.5) is 4.79 Å². The third kappa shape index (κ3) is 5.55. The van der Waals surface area contributed by atoms with E-state index in [2.05, 4.69) is 0 Å². The number of carbonyl (C=O) groups is 1. The number of rotatable bonds is 4. The molecule has 0 N–H and O–H groups in total. The molecular weight excluding hydrogens is 466 g/mol. The maximum atomic E-state index is 12.2. The molecule has 178 valence electrons. The van der Waals surface area contributed by atoms with Gasteiger partial charge in [-0.15, -0.1) is 0 Å². The van der Waals surface area contributed by atoms with Gasteiger partial charge in [0.1, 0.15) is 22.0 Å². The fraction of sp³-hybridized carbons (Fsp3) is 0.458. The minimum absolute atomic E-state index is 0.218. The van der Waals surface area contributed by atoms with E-state index < -0.39 is 15.4 Å². The Balaban J connectivity index is 1.33. The number of fused-ring (bicyclic) bond motifs is 1. The lowest BCUT2D eigenvalue weighted by Gasteiger charge is -2.33. The van der Waals surface area contributed by atoms with Gasteiger partial charge in [-0.2, -0.15) is 0 Å². The summed E-state index contributed by atoms with van der Waals surface area (Å²) in [6.45, 7) is 7.40. The number of halogens is 1. The second kappa shape index (κ2) is 9.06. The monoisotopic (exact) mass is 493 g/mol. The van der Waals surface area contributed by atoms with Crippen molar-refractivity contribution in [2.75, 3.05) is 25.6 Å². The first-order valence-electron chi connectivity index (χ1n) is 10.9. The first-order chi connectivity index (χ1) is 15.5. The topological polar surface area (TPSA) is 82.1 Å². The van der Waals surface area contributed by atoms with Gasteiger partial charge >= 0.3 is 6.09 Å². The van der Waals surface area contributed by atoms with Crippen LogP contribution in [0.3, 0.4) is 0 Å². The van der Waals surface area contributed by atoms with Crippen molar-refractivity contribution in [1.82, 2.24) is 4.90 Å². The summed E-state index contributed by atoms with van der Waals surface area (Å²) in [5.74, 6) is 0.961. The standard InChI is InChI=1S/C24H28ClNO6S/c1-24(2,3)32-23(27)26-10-8-16(9-11-26)14-30-20-6-4-17(12-19(20)25)18-5-7-22-21(13-18)31-15-33(22,28)29/h4-7,12-13,16H,8-11,14-15H2,1-3H3. The van der Waals surface area contributed by atoms with E-state index in [0.717, 1.165) is 24.0 Å². The van der Waals surface area contributed by atoms with Crippen molar-refractivity contribution in [1.29, 1.82) is 0 Å². The first kappa shape index (κ1) is 23.7. The number of carbonyl (C=O) groups excluding carboxylic acids is 1. The van der Waals surface area contributed by atoms with E-state index in [1.807, 2.05) is 32.9 Å². The van der Waals surface area contributed by atoms with Gasteiger partial charge in [-0.05, 0) is 74.9 Å². The van der Waals surface area contributed by atoms with Crippen LogP contribution in [0.5, 0.6) is 11.5 Å². The molecule has 4 rings (SSSR count). The molecule has 9 heteroatoms. The first-order valence-corrected chi connectivity index (χ1v) is 13.0. The van der Waals surface area contributed by atoms with Crippen LogP contribution in [-0.4, -0.2) is 50.6 Å². The highest BCUT2D eigenvalue weighted by Crippen LogP contribution is 2.37. The Morgan fingerprint density at radius 3 is 2.45 bits per heavy atom. The smallest absolute Gasteiger partial charge is 0.410 e. The number of benzene rings is 2. The van der Waals surface area contributed by atoms with E-state index in [9.17, 15) is 13.2 Å². The normalized spacial score (nSPS) is 17.9. The Bertz CT molecular complexity index is 1150. The molecule has 1 amide bonds. The SMILES string of the molecule is CC(C)(C)OC(=O)N1CCC(COc2ccc(-c3ccc4c(c3)OCS4(=O)=O)cc2Cl)CC1. The molecule has 0 unspecified atom stereocenters. The van der Waals surface area contributed by atoms with E-state index in [1.54, 1.807) is 29.2 Å². The molecule has 0 radical (unpaired) electrons. The lowest BCUT2D eigenvalue weighted by molar-refractivity contribution is 0.0165. The van der Waals surface area contributed by atoms with Gasteiger partial charge in [0.2, 0.25) is 9.84 Å². The number of sulfone groups is 1. The maximum Gasteiger partial charge on any atom is 0.410 e. The van der Waals surface area contributed by atoms with Crippen LogP contribution in [0, 0.1) is 5.92 Å². The molecule has 0 bridgehead atoms. The quantitative estimate of drug-likeness (QED) is 0.585. The van der Waals surface area contributed by atoms with Gasteiger partial charge in [-0.1, -0.05) is 23.7 Å². The lowest BCUT2D eigenvalue weighted by Crippen LogP contribution is -2.42. The van der Waals surface area contributed by atoms with Crippen molar-refractivity contribution in [3.8, 4) is 22.6 Å². The molecule has 0 aliphatic carbocycles. The van der Waals surface area contributed by atoms with Crippen LogP contribution >= 0.6 is 11.6 Å². The predicted octanol–water partition coefficient (Wildman–Crippen LogP) is 5.16. The number of piperidine rings is 1. The van der Waals surface area contributed by atoms with Gasteiger partial charge in [0, 0.05) is 13.1 Å². The molecule has 1 fully saturated rings. The summed E-state index contributed by atoms with van der Waals surface area (Å²) in [4.78, 5) is 14.2. The molecule has 33 heavy (non-hydrogen) atoms. The van der Waals surface area contributed by atoms with Crippen molar-refractivity contribution < 1.29 is 27.4 Å². The van der Waals surface area contributed by atoms with Crippen molar-refractivity contribution in [3.63, 3.8) is 0 Å². The van der Waals surface area contributed by atoms with E-state index in [1.165, 1.54) is 0 Å². The number of likely N-dealkylation sites (tertiary alicyclic amines) is 1. The number of hydrogen-bond donors (Lipinski definition) is 0. The molecule has 2 aliphatic heterocycles. The van der Waals surface area contributed by atoms with Gasteiger partial charge < -0.3 is 19.1 Å². The molecule has 2 aromatic carbocycles. The Morgan fingerprint density at radius 2 is 1.79 bits per heavy atom. The fourth-order valence-corrected chi connectivity index (χ4v) is 5.22. The van der Waals surface area contributed by atoms with Crippen molar-refractivity contribution >= 4 is 27.5 Å². The van der Waals surface area contributed by atoms with E-state index in [-0.39, 0.29) is 16.9 Å². The molecule has 0 aromatic heterocycles. The van der Waals surface area contributed by atoms with Crippen LogP contribution in [0.1, 0.15) is 33.6 Å². The van der Waals surface area contributed by atoms with Crippen LogP contribution in [-0.2, 0) is 14.6 Å². The van der Waals surface area contributed by atoms with Gasteiger partial charge in [-0.25, -0.2) is 13.2 Å². The summed E-state index contributed by atoms with van der Waals surface area (Å²) in [6.07, 6.45) is 1.41. The Hall–Kier alpha value is -2.45. The highest BCUT2D eigenvalue weighted by Gasteiger charge is 2.29. The molecule has 2 aromatic rings. The van der Waals surface area contributed by atoms with Crippen LogP contribution in [0.15, 0.2) is 41.3 Å². The van der Waals surface area contributed by atoms with E-state index in [0.29, 0.717) is 42.1 Å². The zero-order valence-corrected chi connectivity index (χ0v) is 20.5. The van der Waals surface area contributed by atoms with Crippen molar-refractivity contribution in [2.24, 2.45) is 5.92 Å². The van der Waals surface area contributed by atoms with Gasteiger partial charge in [0.25, 0.3) is 0 Å². The minimum atomic E-state index is -3.35. The molecule has 7 nitrogen and oxygen atoms in total. The largest absolute Gasteiger partial charge is 0.492 e. The zero-order chi connectivity index (χ0) is 23.8. The number of ether oxygens (including phenoxy) is 3. The van der Waals surface area contributed by atoms with Gasteiger partial charge in [-0.3, -0.25) is 0 Å². The number of amides is 1. The number of nitrogens with zero attached hydrogens (tertiary/aromatic N) is 1. The van der Waals surface area contributed by atoms with Crippen molar-refractivity contribution in [3.05, 3.63) is 41.4 Å². The predicted molar refractivity (Wildman–Crippen MR) is 126 cm³/mol. The molecule has 1 saturated heterocycles. The molecule has 0 spiro atoms. The summed E-state index contributed by atoms with van der Waals surface area (Å²) < 4.78 is 40.6. The molecule has 2 aliphatic rings. The van der Waals surface area contributed by atoms with Crippen LogP contribution < -0.4 is 9.47 Å². The fourth-order valence-electron chi connectivity index (χ4n) is 3.88. The molecular formula is C24H28ClNO6S. The summed E-state index contributed by atoms with van der Waals surface area (Å²) in [5, 5.41) is 0.479. The van der Waals surface area contributed by atoms with Crippen LogP contribution in [0.2, 0.25) is 5.02 Å². The van der Waals surface area contributed by atoms with E-state index in [4.69, 9.17) is 25.8 Å². The maximum absolute atomic E-state index is 12.2. The zero-order valence-electron chi connectivity index (χ0n) is 19.0. The molecule has 0 saturated carbocycles. The Morgan fingerprint density at radius 1 is 1.12 bits per heavy atom. The second-order valence-electron chi connectivity index (χ2n) is 9.41. The van der Waals surface area contributed by atoms with Crippen LogP contribution in [0.25, 0.3) is 11.1 Å². The molecule has 2 heterocycles. The summed E-state index contributed by atoms with van der Waals surface area (Å²) in [5.41, 5.74) is 1.16. The van der Waals surface area contributed by atoms with E-state index >= 15 is 0 Å². The van der Waals surface area contributed by atoms with Gasteiger partial charge in [0.15, 0.2) is 5.94 Å². The lowest BCUT2D eigenvalue weighted by atomic mass is 9.98. The highest BCUT2D eigenvalue weighted by atomic mass is 35.5. The third-order valence-electron chi connectivity index (χ3n) is 5.65. The average Bonchev–Trinajstić information content (AvgIpc) is 3.06. The summed E-state index contributed by atoms with van der Waals surface area (Å²) >= 11 is 6.46. The Kier molecular flexibility index (Phi) is 6.51. The summed E-state index contributed by atoms with van der Waals surface area (Å²) in [6, 6.07) is 10.5. The number of hydrogen-bond acceptors (Lipinski definition) is 6. The third-order valence-corrected chi connectivity index (χ3v) is 7.39. The average molecular weight is 494 g/mol. The minimum Gasteiger partial charge on any atom is -0.492 e. The Labute approximate surface area is 199 Å². The van der Waals surface area contributed by atoms with Crippen molar-refractivity contribution in [2.45, 2.75) is 44.1 Å².